The molecule has 0 bridgehead atoms. The highest BCUT2D eigenvalue weighted by Crippen LogP contribution is 2.50. The molecule has 1 aliphatic carbocycles. The standard InChI is InChI=1S/C40H35NO4S/c42-38(43)37-25-24-31(41(37)39(44)45-26-36-34-22-12-10-20-32(34)33-21-11-13-23-35(33)36)27-46-40(28-14-4-1-5-15-28,29-16-6-2-7-17-29)30-18-8-3-9-19-30/h1-23,31,36-37H,24-27H2,(H,42,43)/t31?,37-/m0/s1. The van der Waals surface area contributed by atoms with Crippen LogP contribution in [-0.2, 0) is 14.3 Å². The van der Waals surface area contributed by atoms with E-state index in [9.17, 15) is 14.7 Å². The van der Waals surface area contributed by atoms with E-state index in [1.807, 2.05) is 42.5 Å². The molecule has 1 fully saturated rings. The van der Waals surface area contributed by atoms with Gasteiger partial charge in [0.05, 0.1) is 4.75 Å². The van der Waals surface area contributed by atoms with Crippen LogP contribution in [0.5, 0.6) is 0 Å². The van der Waals surface area contributed by atoms with Gasteiger partial charge in [0, 0.05) is 17.7 Å². The van der Waals surface area contributed by atoms with Gasteiger partial charge >= 0.3 is 12.1 Å². The van der Waals surface area contributed by atoms with Gasteiger partial charge in [-0.05, 0) is 51.8 Å². The van der Waals surface area contributed by atoms with Gasteiger partial charge in [-0.25, -0.2) is 9.59 Å². The summed E-state index contributed by atoms with van der Waals surface area (Å²) in [5, 5.41) is 10.2. The van der Waals surface area contributed by atoms with E-state index in [0.29, 0.717) is 18.6 Å². The number of aliphatic carboxylic acids is 1. The van der Waals surface area contributed by atoms with Crippen molar-refractivity contribution < 1.29 is 19.4 Å². The molecule has 2 atom stereocenters. The number of rotatable bonds is 9. The number of fused-ring (bicyclic) bond motifs is 3. The number of likely N-dealkylation sites (tertiary alicyclic amines) is 1. The fourth-order valence-electron chi connectivity index (χ4n) is 7.22. The lowest BCUT2D eigenvalue weighted by atomic mass is 9.84. The van der Waals surface area contributed by atoms with Gasteiger partial charge in [-0.3, -0.25) is 4.90 Å². The predicted molar refractivity (Wildman–Crippen MR) is 183 cm³/mol. The van der Waals surface area contributed by atoms with Crippen molar-refractivity contribution in [3.63, 3.8) is 0 Å². The van der Waals surface area contributed by atoms with Crippen molar-refractivity contribution in [1.82, 2.24) is 4.90 Å². The average molecular weight is 626 g/mol. The highest BCUT2D eigenvalue weighted by molar-refractivity contribution is 8.00. The van der Waals surface area contributed by atoms with Gasteiger partial charge in [0.25, 0.3) is 0 Å². The Morgan fingerprint density at radius 3 is 1.61 bits per heavy atom. The second kappa shape index (κ2) is 12.9. The van der Waals surface area contributed by atoms with Crippen LogP contribution in [0.2, 0.25) is 0 Å². The smallest absolute Gasteiger partial charge is 0.410 e. The maximum Gasteiger partial charge on any atom is 0.410 e. The molecule has 6 heteroatoms. The number of carbonyl (C=O) groups is 2. The average Bonchev–Trinajstić information content (AvgIpc) is 3.69. The number of carboxylic acid groups (broad SMARTS) is 1. The molecule has 0 aromatic heterocycles. The van der Waals surface area contributed by atoms with Gasteiger partial charge in [-0.15, -0.1) is 11.8 Å². The summed E-state index contributed by atoms with van der Waals surface area (Å²) in [6.07, 6.45) is 0.407. The Morgan fingerprint density at radius 2 is 1.13 bits per heavy atom. The van der Waals surface area contributed by atoms with E-state index >= 15 is 0 Å². The Morgan fingerprint density at radius 1 is 0.674 bits per heavy atom. The molecule has 0 radical (unpaired) electrons. The first-order valence-electron chi connectivity index (χ1n) is 15.7. The third-order valence-electron chi connectivity index (χ3n) is 9.37. The van der Waals surface area contributed by atoms with E-state index in [2.05, 4.69) is 97.1 Å². The molecular weight excluding hydrogens is 591 g/mol. The van der Waals surface area contributed by atoms with E-state index in [4.69, 9.17) is 4.74 Å². The molecule has 1 aliphatic heterocycles. The summed E-state index contributed by atoms with van der Waals surface area (Å²) in [6, 6.07) is 46.4. The number of thioether (sulfide) groups is 1. The van der Waals surface area contributed by atoms with Crippen LogP contribution in [0.25, 0.3) is 11.1 Å². The minimum absolute atomic E-state index is 0.100. The van der Waals surface area contributed by atoms with E-state index in [-0.39, 0.29) is 18.6 Å². The Hall–Kier alpha value is -4.81. The lowest BCUT2D eigenvalue weighted by Crippen LogP contribution is -2.46. The van der Waals surface area contributed by atoms with Crippen LogP contribution < -0.4 is 0 Å². The molecule has 1 amide bonds. The number of carbonyl (C=O) groups excluding carboxylic acids is 1. The van der Waals surface area contributed by atoms with Gasteiger partial charge in [-0.2, -0.15) is 0 Å². The van der Waals surface area contributed by atoms with Gasteiger partial charge in [0.15, 0.2) is 0 Å². The minimum atomic E-state index is -0.999. The van der Waals surface area contributed by atoms with Crippen molar-refractivity contribution in [2.75, 3.05) is 12.4 Å². The number of amides is 1. The molecule has 1 saturated heterocycles. The molecule has 230 valence electrons. The second-order valence-corrected chi connectivity index (χ2v) is 13.1. The first-order valence-corrected chi connectivity index (χ1v) is 16.7. The Bertz CT molecular complexity index is 1690. The van der Waals surface area contributed by atoms with Crippen LogP contribution in [0.15, 0.2) is 140 Å². The third-order valence-corrected chi connectivity index (χ3v) is 11.1. The third kappa shape index (κ3) is 5.37. The molecule has 0 spiro atoms. The van der Waals surface area contributed by atoms with Crippen LogP contribution in [0.1, 0.15) is 46.6 Å². The first-order chi connectivity index (χ1) is 22.6. The molecule has 1 N–H and O–H groups in total. The number of ether oxygens (including phenoxy) is 1. The molecule has 2 aliphatic rings. The quantitative estimate of drug-likeness (QED) is 0.166. The molecule has 1 unspecified atom stereocenters. The number of benzene rings is 5. The van der Waals surface area contributed by atoms with Crippen molar-refractivity contribution in [3.8, 4) is 11.1 Å². The van der Waals surface area contributed by atoms with Crippen LogP contribution in [0.3, 0.4) is 0 Å². The molecule has 0 saturated carbocycles. The minimum Gasteiger partial charge on any atom is -0.480 e. The van der Waals surface area contributed by atoms with Gasteiger partial charge < -0.3 is 9.84 Å². The van der Waals surface area contributed by atoms with Crippen molar-refractivity contribution in [1.29, 1.82) is 0 Å². The number of carboxylic acids is 1. The molecule has 5 nitrogen and oxygen atoms in total. The summed E-state index contributed by atoms with van der Waals surface area (Å²) in [4.78, 5) is 27.9. The van der Waals surface area contributed by atoms with E-state index in [1.54, 1.807) is 11.8 Å². The zero-order valence-corrected chi connectivity index (χ0v) is 26.2. The van der Waals surface area contributed by atoms with Crippen LogP contribution in [0, 0.1) is 0 Å². The lowest BCUT2D eigenvalue weighted by Gasteiger charge is -2.37. The maximum absolute atomic E-state index is 13.9. The molecular formula is C40H35NO4S. The van der Waals surface area contributed by atoms with Crippen molar-refractivity contribution in [2.24, 2.45) is 0 Å². The summed E-state index contributed by atoms with van der Waals surface area (Å²) >= 11 is 1.74. The zero-order valence-electron chi connectivity index (χ0n) is 25.4. The van der Waals surface area contributed by atoms with Crippen molar-refractivity contribution in [2.45, 2.75) is 35.6 Å². The maximum atomic E-state index is 13.9. The van der Waals surface area contributed by atoms with Crippen molar-refractivity contribution >= 4 is 23.8 Å². The predicted octanol–water partition coefficient (Wildman–Crippen LogP) is 8.58. The summed E-state index contributed by atoms with van der Waals surface area (Å²) < 4.78 is 5.46. The van der Waals surface area contributed by atoms with Crippen LogP contribution >= 0.6 is 11.8 Å². The number of hydrogen-bond acceptors (Lipinski definition) is 4. The van der Waals surface area contributed by atoms with E-state index < -0.39 is 22.9 Å². The summed E-state index contributed by atoms with van der Waals surface area (Å²) in [6.45, 7) is 0.150. The molecule has 7 rings (SSSR count). The fraction of sp³-hybridized carbons (Fsp3) is 0.200. The van der Waals surface area contributed by atoms with E-state index in [1.165, 1.54) is 4.90 Å². The van der Waals surface area contributed by atoms with Gasteiger partial charge in [0.2, 0.25) is 0 Å². The molecule has 1 heterocycles. The lowest BCUT2D eigenvalue weighted by molar-refractivity contribution is -0.142. The Balaban J connectivity index is 1.18. The van der Waals surface area contributed by atoms with Crippen molar-refractivity contribution in [3.05, 3.63) is 167 Å². The zero-order chi connectivity index (χ0) is 31.5. The topological polar surface area (TPSA) is 66.8 Å². The SMILES string of the molecule is O=C(O)[C@@H]1CCC(CSC(c2ccccc2)(c2ccccc2)c2ccccc2)N1C(=O)OCC1c2ccccc2-c2ccccc21. The van der Waals surface area contributed by atoms with Gasteiger partial charge in [-0.1, -0.05) is 140 Å². The number of nitrogens with zero attached hydrogens (tertiary/aromatic N) is 1. The van der Waals surface area contributed by atoms with Crippen LogP contribution in [0.4, 0.5) is 4.79 Å². The molecule has 46 heavy (non-hydrogen) atoms. The second-order valence-electron chi connectivity index (χ2n) is 11.9. The summed E-state index contributed by atoms with van der Waals surface area (Å²) in [5.74, 6) is -0.564. The summed E-state index contributed by atoms with van der Waals surface area (Å²) in [7, 11) is 0. The highest BCUT2D eigenvalue weighted by Gasteiger charge is 2.45. The largest absolute Gasteiger partial charge is 0.480 e. The number of hydrogen-bond donors (Lipinski definition) is 1. The molecule has 5 aromatic carbocycles. The monoisotopic (exact) mass is 625 g/mol. The fourth-order valence-corrected chi connectivity index (χ4v) is 8.90. The van der Waals surface area contributed by atoms with Crippen LogP contribution in [-0.4, -0.2) is 46.5 Å². The Kier molecular flexibility index (Phi) is 8.37. The summed E-state index contributed by atoms with van der Waals surface area (Å²) in [5.41, 5.74) is 7.92. The normalized spacial score (nSPS) is 17.3. The Labute approximate surface area is 273 Å². The highest BCUT2D eigenvalue weighted by atomic mass is 32.2. The molecule has 5 aromatic rings. The first kappa shape index (κ1) is 29.9. The van der Waals surface area contributed by atoms with Gasteiger partial charge in [0.1, 0.15) is 12.6 Å². The van der Waals surface area contributed by atoms with E-state index in [0.717, 1.165) is 38.9 Å².